The highest BCUT2D eigenvalue weighted by atomic mass is 32.2. The van der Waals surface area contributed by atoms with Gasteiger partial charge in [0.2, 0.25) is 0 Å². The average molecular weight is 277 g/mol. The van der Waals surface area contributed by atoms with Crippen molar-refractivity contribution in [2.45, 2.75) is 17.6 Å². The van der Waals surface area contributed by atoms with E-state index in [9.17, 15) is 9.18 Å². The van der Waals surface area contributed by atoms with Crippen LogP contribution in [0, 0.1) is 12.7 Å². The van der Waals surface area contributed by atoms with Crippen molar-refractivity contribution in [2.24, 2.45) is 0 Å². The van der Waals surface area contributed by atoms with Crippen LogP contribution in [0.4, 0.5) is 4.39 Å². The van der Waals surface area contributed by atoms with Crippen LogP contribution in [0.2, 0.25) is 0 Å². The van der Waals surface area contributed by atoms with E-state index in [0.29, 0.717) is 10.6 Å². The minimum absolute atomic E-state index is 0.0844. The highest BCUT2D eigenvalue weighted by molar-refractivity contribution is 7.98. The summed E-state index contributed by atoms with van der Waals surface area (Å²) in [6.07, 6.45) is 0. The number of aromatic nitrogens is 1. The Kier molecular flexibility index (Phi) is 4.16. The Hall–Kier alpha value is -1.88. The van der Waals surface area contributed by atoms with E-state index in [0.717, 1.165) is 11.4 Å². The van der Waals surface area contributed by atoms with Gasteiger partial charge in [-0.1, -0.05) is 6.07 Å². The predicted octanol–water partition coefficient (Wildman–Crippen LogP) is 3.52. The van der Waals surface area contributed by atoms with Gasteiger partial charge < -0.3 is 5.11 Å². The van der Waals surface area contributed by atoms with Gasteiger partial charge in [-0.3, -0.25) is 4.98 Å². The molecule has 0 aliphatic rings. The smallest absolute Gasteiger partial charge is 0.335 e. The van der Waals surface area contributed by atoms with E-state index >= 15 is 0 Å². The van der Waals surface area contributed by atoms with Gasteiger partial charge >= 0.3 is 5.97 Å². The third kappa shape index (κ3) is 3.54. The van der Waals surface area contributed by atoms with Crippen molar-refractivity contribution in [3.8, 4) is 0 Å². The lowest BCUT2D eigenvalue weighted by molar-refractivity contribution is 0.0696. The lowest BCUT2D eigenvalue weighted by Gasteiger charge is -2.05. The number of halogens is 1. The number of nitrogens with zero attached hydrogens (tertiary/aromatic N) is 1. The first kappa shape index (κ1) is 13.5. The molecule has 0 amide bonds. The normalized spacial score (nSPS) is 10.4. The monoisotopic (exact) mass is 277 g/mol. The molecule has 2 aromatic rings. The molecule has 1 aromatic heterocycles. The number of hydrogen-bond acceptors (Lipinski definition) is 3. The molecule has 0 aliphatic carbocycles. The molecule has 1 N–H and O–H groups in total. The highest BCUT2D eigenvalue weighted by Crippen LogP contribution is 2.26. The first-order chi connectivity index (χ1) is 9.06. The molecular weight excluding hydrogens is 265 g/mol. The summed E-state index contributed by atoms with van der Waals surface area (Å²) in [7, 11) is 0. The largest absolute Gasteiger partial charge is 0.478 e. The summed E-state index contributed by atoms with van der Waals surface area (Å²) < 4.78 is 13.6. The van der Waals surface area contributed by atoms with Gasteiger partial charge in [-0.05, 0) is 37.3 Å². The van der Waals surface area contributed by atoms with Crippen molar-refractivity contribution in [3.63, 3.8) is 0 Å². The lowest BCUT2D eigenvalue weighted by Crippen LogP contribution is -1.97. The second-order valence-electron chi connectivity index (χ2n) is 4.01. The summed E-state index contributed by atoms with van der Waals surface area (Å²) in [5, 5.41) is 8.88. The van der Waals surface area contributed by atoms with E-state index in [1.54, 1.807) is 0 Å². The molecular formula is C14H12FNO2S. The van der Waals surface area contributed by atoms with Gasteiger partial charge in [0.1, 0.15) is 5.82 Å². The predicted molar refractivity (Wildman–Crippen MR) is 71.9 cm³/mol. The number of rotatable bonds is 4. The molecule has 0 atom stereocenters. The van der Waals surface area contributed by atoms with Gasteiger partial charge in [0.25, 0.3) is 0 Å². The number of hydrogen-bond donors (Lipinski definition) is 1. The standard InChI is InChI=1S/C14H12FNO2S/c1-9-3-2-4-11(16-9)8-19-13-7-10(14(17)18)5-6-12(13)15/h2-7H,8H2,1H3,(H,17,18). The fraction of sp³-hybridized carbons (Fsp3) is 0.143. The van der Waals surface area contributed by atoms with Crippen LogP contribution in [-0.2, 0) is 5.75 Å². The van der Waals surface area contributed by atoms with Crippen LogP contribution in [0.25, 0.3) is 0 Å². The molecule has 1 heterocycles. The second-order valence-corrected chi connectivity index (χ2v) is 5.03. The Morgan fingerprint density at radius 2 is 2.16 bits per heavy atom. The Balaban J connectivity index is 2.15. The fourth-order valence-electron chi connectivity index (χ4n) is 1.58. The van der Waals surface area contributed by atoms with Crippen LogP contribution in [0.1, 0.15) is 21.7 Å². The van der Waals surface area contributed by atoms with E-state index in [1.807, 2.05) is 25.1 Å². The van der Waals surface area contributed by atoms with Crippen molar-refractivity contribution >= 4 is 17.7 Å². The Morgan fingerprint density at radius 1 is 1.37 bits per heavy atom. The first-order valence-corrected chi connectivity index (χ1v) is 6.63. The number of aryl methyl sites for hydroxylation is 1. The van der Waals surface area contributed by atoms with Gasteiger partial charge in [0, 0.05) is 16.3 Å². The molecule has 1 aromatic carbocycles. The molecule has 5 heteroatoms. The van der Waals surface area contributed by atoms with E-state index in [4.69, 9.17) is 5.11 Å². The van der Waals surface area contributed by atoms with Crippen molar-refractivity contribution in [3.05, 3.63) is 59.2 Å². The maximum absolute atomic E-state index is 13.6. The van der Waals surface area contributed by atoms with Crippen LogP contribution in [-0.4, -0.2) is 16.1 Å². The summed E-state index contributed by atoms with van der Waals surface area (Å²) in [4.78, 5) is 15.5. The number of benzene rings is 1. The van der Waals surface area contributed by atoms with Crippen LogP contribution in [0.3, 0.4) is 0 Å². The minimum atomic E-state index is -1.06. The molecule has 0 spiro atoms. The van der Waals surface area contributed by atoms with E-state index < -0.39 is 11.8 Å². The number of thioether (sulfide) groups is 1. The molecule has 0 saturated carbocycles. The minimum Gasteiger partial charge on any atom is -0.478 e. The van der Waals surface area contributed by atoms with Gasteiger partial charge in [0.15, 0.2) is 0 Å². The van der Waals surface area contributed by atoms with Crippen molar-refractivity contribution in [1.29, 1.82) is 0 Å². The van der Waals surface area contributed by atoms with Gasteiger partial charge in [-0.25, -0.2) is 9.18 Å². The van der Waals surface area contributed by atoms with Crippen molar-refractivity contribution in [1.82, 2.24) is 4.98 Å². The third-order valence-electron chi connectivity index (χ3n) is 2.50. The number of carboxylic acids is 1. The van der Waals surface area contributed by atoms with Gasteiger partial charge in [-0.15, -0.1) is 11.8 Å². The molecule has 19 heavy (non-hydrogen) atoms. The molecule has 0 aliphatic heterocycles. The fourth-order valence-corrected chi connectivity index (χ4v) is 2.46. The molecule has 3 nitrogen and oxygen atoms in total. The molecule has 0 radical (unpaired) electrons. The maximum Gasteiger partial charge on any atom is 0.335 e. The average Bonchev–Trinajstić information content (AvgIpc) is 2.37. The van der Waals surface area contributed by atoms with Crippen LogP contribution < -0.4 is 0 Å². The maximum atomic E-state index is 13.6. The van der Waals surface area contributed by atoms with Crippen molar-refractivity contribution in [2.75, 3.05) is 0 Å². The number of carboxylic acid groups (broad SMARTS) is 1. The summed E-state index contributed by atoms with van der Waals surface area (Å²) in [6.45, 7) is 1.89. The summed E-state index contributed by atoms with van der Waals surface area (Å²) in [5.74, 6) is -0.972. The zero-order valence-electron chi connectivity index (χ0n) is 10.3. The Bertz CT molecular complexity index is 616. The van der Waals surface area contributed by atoms with Crippen molar-refractivity contribution < 1.29 is 14.3 Å². The van der Waals surface area contributed by atoms with E-state index in [2.05, 4.69) is 4.98 Å². The lowest BCUT2D eigenvalue weighted by atomic mass is 10.2. The van der Waals surface area contributed by atoms with Crippen LogP contribution >= 0.6 is 11.8 Å². The second kappa shape index (κ2) is 5.84. The third-order valence-corrected chi connectivity index (χ3v) is 3.56. The number of pyridine rings is 1. The topological polar surface area (TPSA) is 50.2 Å². The highest BCUT2D eigenvalue weighted by Gasteiger charge is 2.09. The Labute approximate surface area is 114 Å². The van der Waals surface area contributed by atoms with Crippen LogP contribution in [0.15, 0.2) is 41.3 Å². The molecule has 0 fully saturated rings. The molecule has 0 bridgehead atoms. The van der Waals surface area contributed by atoms with E-state index in [-0.39, 0.29) is 5.56 Å². The molecule has 0 saturated heterocycles. The quantitative estimate of drug-likeness (QED) is 0.869. The van der Waals surface area contributed by atoms with Gasteiger partial charge in [0.05, 0.1) is 11.3 Å². The summed E-state index contributed by atoms with van der Waals surface area (Å²) >= 11 is 1.24. The summed E-state index contributed by atoms with van der Waals surface area (Å²) in [6, 6.07) is 9.42. The summed E-state index contributed by atoms with van der Waals surface area (Å²) in [5.41, 5.74) is 1.82. The molecule has 2 rings (SSSR count). The number of carbonyl (C=O) groups is 1. The molecule has 98 valence electrons. The molecule has 0 unspecified atom stereocenters. The zero-order chi connectivity index (χ0) is 13.8. The first-order valence-electron chi connectivity index (χ1n) is 5.64. The van der Waals surface area contributed by atoms with Gasteiger partial charge in [-0.2, -0.15) is 0 Å². The van der Waals surface area contributed by atoms with E-state index in [1.165, 1.54) is 30.0 Å². The SMILES string of the molecule is Cc1cccc(CSc2cc(C(=O)O)ccc2F)n1. The van der Waals surface area contributed by atoms with Crippen LogP contribution in [0.5, 0.6) is 0 Å². The number of aromatic carboxylic acids is 1. The zero-order valence-corrected chi connectivity index (χ0v) is 11.1. The Morgan fingerprint density at radius 3 is 2.84 bits per heavy atom.